The lowest BCUT2D eigenvalue weighted by atomic mass is 10.1. The van der Waals surface area contributed by atoms with Gasteiger partial charge in [-0.2, -0.15) is 9.64 Å². The van der Waals surface area contributed by atoms with E-state index in [1.165, 1.54) is 22.7 Å². The molecule has 3 aromatic heterocycles. The molecule has 7 nitrogen and oxygen atoms in total. The monoisotopic (exact) mass is 533 g/mol. The lowest BCUT2D eigenvalue weighted by molar-refractivity contribution is -0.139. The molecule has 1 aliphatic rings. The molecule has 1 aromatic carbocycles. The van der Waals surface area contributed by atoms with Crippen LogP contribution in [0.3, 0.4) is 0 Å². The SMILES string of the molecule is Cc1ccccc1C(C)OC(=O)Nc1c(C#Cc2cc3cc(C4(C(=O)O)CC4)sc3s2)nsc1C#N. The van der Waals surface area contributed by atoms with Crippen LogP contribution >= 0.6 is 34.2 Å². The number of fused-ring (bicyclic) bond motifs is 1. The second kappa shape index (κ2) is 9.40. The normalized spacial score (nSPS) is 14.4. The summed E-state index contributed by atoms with van der Waals surface area (Å²) >= 11 is 3.94. The lowest BCUT2D eigenvalue weighted by Crippen LogP contribution is -2.17. The number of nitriles is 1. The number of carboxylic acids is 1. The van der Waals surface area contributed by atoms with E-state index in [0.29, 0.717) is 12.8 Å². The summed E-state index contributed by atoms with van der Waals surface area (Å²) in [5.41, 5.74) is 1.72. The largest absolute Gasteiger partial charge is 0.481 e. The number of thiophene rings is 2. The zero-order valence-corrected chi connectivity index (χ0v) is 21.7. The molecule has 2 N–H and O–H groups in total. The van der Waals surface area contributed by atoms with Crippen molar-refractivity contribution in [1.82, 2.24) is 4.37 Å². The van der Waals surface area contributed by atoms with Gasteiger partial charge < -0.3 is 9.84 Å². The van der Waals surface area contributed by atoms with Crippen molar-refractivity contribution in [3.63, 3.8) is 0 Å². The molecule has 1 atom stereocenters. The van der Waals surface area contributed by atoms with Crippen molar-refractivity contribution in [1.29, 1.82) is 5.26 Å². The summed E-state index contributed by atoms with van der Waals surface area (Å²) in [4.78, 5) is 26.1. The van der Waals surface area contributed by atoms with Gasteiger partial charge in [-0.3, -0.25) is 10.1 Å². The number of nitrogens with one attached hydrogen (secondary N) is 1. The number of ether oxygens (including phenoxy) is 1. The molecule has 3 heterocycles. The minimum atomic E-state index is -0.764. The van der Waals surface area contributed by atoms with Crippen molar-refractivity contribution in [3.8, 4) is 17.9 Å². The molecule has 1 fully saturated rings. The van der Waals surface area contributed by atoms with Gasteiger partial charge in [0.05, 0.1) is 8.89 Å². The van der Waals surface area contributed by atoms with Crippen LogP contribution in [0.5, 0.6) is 0 Å². The highest BCUT2D eigenvalue weighted by Gasteiger charge is 2.53. The Balaban J connectivity index is 1.33. The summed E-state index contributed by atoms with van der Waals surface area (Å²) in [6.07, 6.45) is 0.186. The van der Waals surface area contributed by atoms with Crippen LogP contribution in [0, 0.1) is 30.1 Å². The third-order valence-electron chi connectivity index (χ3n) is 6.08. The van der Waals surface area contributed by atoms with Crippen molar-refractivity contribution >= 4 is 61.4 Å². The maximum Gasteiger partial charge on any atom is 0.412 e. The van der Waals surface area contributed by atoms with Gasteiger partial charge in [0.15, 0.2) is 5.69 Å². The highest BCUT2D eigenvalue weighted by Crippen LogP contribution is 2.52. The first-order valence-corrected chi connectivity index (χ1v) is 13.4. The Kier molecular flexibility index (Phi) is 6.27. The van der Waals surface area contributed by atoms with E-state index < -0.39 is 23.6 Å². The van der Waals surface area contributed by atoms with Gasteiger partial charge in [-0.25, -0.2) is 4.79 Å². The second-order valence-electron chi connectivity index (χ2n) is 8.48. The van der Waals surface area contributed by atoms with E-state index in [1.54, 1.807) is 6.92 Å². The zero-order chi connectivity index (χ0) is 25.4. The number of rotatable bonds is 5. The van der Waals surface area contributed by atoms with Crippen molar-refractivity contribution in [3.05, 3.63) is 67.9 Å². The van der Waals surface area contributed by atoms with Crippen LogP contribution < -0.4 is 5.32 Å². The number of benzene rings is 1. The van der Waals surface area contributed by atoms with E-state index in [1.807, 2.05) is 49.4 Å². The summed E-state index contributed by atoms with van der Waals surface area (Å²) in [7, 11) is 0. The molecular weight excluding hydrogens is 515 g/mol. The Hall–Kier alpha value is -3.70. The van der Waals surface area contributed by atoms with Gasteiger partial charge in [-0.15, -0.1) is 22.7 Å². The first kappa shape index (κ1) is 24.0. The average Bonchev–Trinajstić information content (AvgIpc) is 3.23. The Morgan fingerprint density at radius 3 is 2.67 bits per heavy atom. The molecule has 1 aliphatic carbocycles. The number of amides is 1. The topological polar surface area (TPSA) is 112 Å². The van der Waals surface area contributed by atoms with Gasteiger partial charge in [-0.05, 0) is 73.3 Å². The lowest BCUT2D eigenvalue weighted by Gasteiger charge is -2.16. The van der Waals surface area contributed by atoms with E-state index >= 15 is 0 Å². The maximum atomic E-state index is 12.6. The Bertz CT molecular complexity index is 1580. The molecule has 36 heavy (non-hydrogen) atoms. The minimum Gasteiger partial charge on any atom is -0.481 e. The molecule has 1 amide bonds. The predicted octanol–water partition coefficient (Wildman–Crippen LogP) is 6.43. The fourth-order valence-corrected chi connectivity index (χ4v) is 7.05. The zero-order valence-electron chi connectivity index (χ0n) is 19.2. The number of nitrogens with zero attached hydrogens (tertiary/aromatic N) is 2. The number of carbonyl (C=O) groups is 2. The number of hydrogen-bond donors (Lipinski definition) is 2. The molecule has 0 bridgehead atoms. The van der Waals surface area contributed by atoms with E-state index in [4.69, 9.17) is 4.74 Å². The van der Waals surface area contributed by atoms with Gasteiger partial charge >= 0.3 is 12.1 Å². The van der Waals surface area contributed by atoms with E-state index in [-0.39, 0.29) is 16.3 Å². The Morgan fingerprint density at radius 2 is 2.00 bits per heavy atom. The second-order valence-corrected chi connectivity index (χ2v) is 11.6. The molecule has 0 radical (unpaired) electrons. The smallest absolute Gasteiger partial charge is 0.412 e. The van der Waals surface area contributed by atoms with Crippen molar-refractivity contribution < 1.29 is 19.4 Å². The summed E-state index contributed by atoms with van der Waals surface area (Å²) in [5.74, 6) is 5.25. The highest BCUT2D eigenvalue weighted by atomic mass is 32.2. The molecule has 0 spiro atoms. The van der Waals surface area contributed by atoms with Crippen LogP contribution in [-0.4, -0.2) is 21.5 Å². The van der Waals surface area contributed by atoms with Gasteiger partial charge in [-0.1, -0.05) is 24.3 Å². The fraction of sp³-hybridized carbons (Fsp3) is 0.231. The Morgan fingerprint density at radius 1 is 1.22 bits per heavy atom. The number of aliphatic carboxylic acids is 1. The quantitative estimate of drug-likeness (QED) is 0.286. The molecule has 5 rings (SSSR count). The molecule has 1 unspecified atom stereocenters. The molecule has 0 saturated heterocycles. The number of aryl methyl sites for hydroxylation is 1. The number of carbonyl (C=O) groups excluding carboxylic acids is 1. The third kappa shape index (κ3) is 4.47. The first-order chi connectivity index (χ1) is 17.3. The summed E-state index contributed by atoms with van der Waals surface area (Å²) < 4.78 is 10.8. The average molecular weight is 534 g/mol. The van der Waals surface area contributed by atoms with Gasteiger partial charge in [0.1, 0.15) is 28.2 Å². The number of aromatic nitrogens is 1. The minimum absolute atomic E-state index is 0.231. The van der Waals surface area contributed by atoms with Crippen LogP contribution in [0.2, 0.25) is 0 Å². The van der Waals surface area contributed by atoms with Crippen molar-refractivity contribution in [2.45, 2.75) is 38.2 Å². The fourth-order valence-electron chi connectivity index (χ4n) is 3.91. The van der Waals surface area contributed by atoms with Crippen LogP contribution in [-0.2, 0) is 14.9 Å². The number of anilines is 1. The molecule has 1 saturated carbocycles. The number of hydrogen-bond acceptors (Lipinski definition) is 8. The van der Waals surface area contributed by atoms with Crippen LogP contribution in [0.25, 0.3) is 9.40 Å². The standard InChI is InChI=1S/C26H19N3O4S3/c1-14-5-3-4-6-18(14)15(2)33-25(32)28-22-19(29-36-20(22)13-27)8-7-17-11-16-12-21(35-23(16)34-17)26(9-10-26)24(30)31/h3-6,11-12,15H,9-10H2,1-2H3,(H,28,32)(H,30,31). The van der Waals surface area contributed by atoms with E-state index in [9.17, 15) is 20.0 Å². The summed E-state index contributed by atoms with van der Waals surface area (Å²) in [6.45, 7) is 3.73. The van der Waals surface area contributed by atoms with Crippen LogP contribution in [0.15, 0.2) is 36.4 Å². The van der Waals surface area contributed by atoms with Crippen LogP contribution in [0.4, 0.5) is 10.5 Å². The van der Waals surface area contributed by atoms with Gasteiger partial charge in [0.25, 0.3) is 0 Å². The molecule has 10 heteroatoms. The van der Waals surface area contributed by atoms with Crippen molar-refractivity contribution in [2.75, 3.05) is 5.32 Å². The van der Waals surface area contributed by atoms with Crippen molar-refractivity contribution in [2.24, 2.45) is 0 Å². The molecule has 180 valence electrons. The Labute approximate surface area is 219 Å². The maximum absolute atomic E-state index is 12.6. The van der Waals surface area contributed by atoms with E-state index in [0.717, 1.165) is 41.8 Å². The molecule has 0 aliphatic heterocycles. The number of carboxylic acid groups (broad SMARTS) is 1. The molecular formula is C26H19N3O4S3. The third-order valence-corrected chi connectivity index (χ3v) is 9.34. The van der Waals surface area contributed by atoms with Gasteiger partial charge in [0.2, 0.25) is 0 Å². The van der Waals surface area contributed by atoms with Crippen LogP contribution in [0.1, 0.15) is 57.3 Å². The van der Waals surface area contributed by atoms with E-state index in [2.05, 4.69) is 21.5 Å². The molecule has 4 aromatic rings. The summed E-state index contributed by atoms with van der Waals surface area (Å²) in [5, 5.41) is 22.6. The highest BCUT2D eigenvalue weighted by molar-refractivity contribution is 7.38. The van der Waals surface area contributed by atoms with Gasteiger partial charge in [0, 0.05) is 10.3 Å². The predicted molar refractivity (Wildman–Crippen MR) is 141 cm³/mol. The first-order valence-electron chi connectivity index (χ1n) is 11.0. The summed E-state index contributed by atoms with van der Waals surface area (Å²) in [6, 6.07) is 13.6.